The first kappa shape index (κ1) is 17.9. The minimum atomic E-state index is -1.04. The Kier molecular flexibility index (Phi) is 6.26. The fourth-order valence-electron chi connectivity index (χ4n) is 1.91. The van der Waals surface area contributed by atoms with Gasteiger partial charge in [-0.05, 0) is 36.2 Å². The maximum absolute atomic E-state index is 13.4. The van der Waals surface area contributed by atoms with Crippen LogP contribution in [0, 0.1) is 11.6 Å². The van der Waals surface area contributed by atoms with E-state index in [0.29, 0.717) is 24.1 Å². The van der Waals surface area contributed by atoms with Crippen molar-refractivity contribution in [2.45, 2.75) is 6.42 Å². The van der Waals surface area contributed by atoms with Crippen molar-refractivity contribution in [2.75, 3.05) is 13.2 Å². The largest absolute Gasteiger partial charge is 0.452 e. The molecule has 24 heavy (non-hydrogen) atoms. The number of esters is 1. The number of benzene rings is 2. The van der Waals surface area contributed by atoms with Gasteiger partial charge in [-0.2, -0.15) is 0 Å². The SMILES string of the molecule is O=C(COC(=O)c1ccc(F)cc1F)NCCc1ccc(Cl)cc1. The molecule has 126 valence electrons. The molecule has 0 fully saturated rings. The zero-order valence-electron chi connectivity index (χ0n) is 12.5. The summed E-state index contributed by atoms with van der Waals surface area (Å²) in [6, 6.07) is 9.65. The summed E-state index contributed by atoms with van der Waals surface area (Å²) in [4.78, 5) is 23.2. The molecule has 0 aliphatic carbocycles. The highest BCUT2D eigenvalue weighted by Gasteiger charge is 2.15. The van der Waals surface area contributed by atoms with Crippen LogP contribution in [0.15, 0.2) is 42.5 Å². The molecule has 0 aromatic heterocycles. The van der Waals surface area contributed by atoms with Gasteiger partial charge in [0.1, 0.15) is 11.6 Å². The topological polar surface area (TPSA) is 55.4 Å². The highest BCUT2D eigenvalue weighted by atomic mass is 35.5. The normalized spacial score (nSPS) is 10.3. The standard InChI is InChI=1S/C17H14ClF2NO3/c18-12-3-1-11(2-4-12)7-8-21-16(22)10-24-17(23)14-6-5-13(19)9-15(14)20/h1-6,9H,7-8,10H2,(H,21,22). The molecule has 0 heterocycles. The second-order valence-electron chi connectivity index (χ2n) is 4.93. The van der Waals surface area contributed by atoms with Gasteiger partial charge in [-0.3, -0.25) is 4.79 Å². The van der Waals surface area contributed by atoms with E-state index in [9.17, 15) is 18.4 Å². The molecule has 0 atom stereocenters. The molecule has 0 spiro atoms. The molecular formula is C17H14ClF2NO3. The van der Waals surface area contributed by atoms with E-state index in [4.69, 9.17) is 16.3 Å². The van der Waals surface area contributed by atoms with Gasteiger partial charge in [0.2, 0.25) is 0 Å². The Morgan fingerprint density at radius 3 is 2.46 bits per heavy atom. The summed E-state index contributed by atoms with van der Waals surface area (Å²) in [6.07, 6.45) is 0.587. The lowest BCUT2D eigenvalue weighted by molar-refractivity contribution is -0.124. The van der Waals surface area contributed by atoms with Crippen LogP contribution in [0.5, 0.6) is 0 Å². The highest BCUT2D eigenvalue weighted by Crippen LogP contribution is 2.11. The van der Waals surface area contributed by atoms with E-state index in [1.54, 1.807) is 12.1 Å². The van der Waals surface area contributed by atoms with E-state index in [1.807, 2.05) is 12.1 Å². The number of ether oxygens (including phenoxy) is 1. The number of hydrogen-bond donors (Lipinski definition) is 1. The minimum absolute atomic E-state index is 0.350. The third kappa shape index (κ3) is 5.31. The average Bonchev–Trinajstić information content (AvgIpc) is 2.54. The molecule has 0 unspecified atom stereocenters. The van der Waals surface area contributed by atoms with Crippen LogP contribution >= 0.6 is 11.6 Å². The molecule has 1 amide bonds. The second kappa shape index (κ2) is 8.40. The Labute approximate surface area is 142 Å². The van der Waals surface area contributed by atoms with Crippen LogP contribution in [-0.4, -0.2) is 25.0 Å². The van der Waals surface area contributed by atoms with E-state index in [2.05, 4.69) is 5.32 Å². The second-order valence-corrected chi connectivity index (χ2v) is 5.36. The molecule has 7 heteroatoms. The zero-order valence-corrected chi connectivity index (χ0v) is 13.3. The number of hydrogen-bond acceptors (Lipinski definition) is 3. The summed E-state index contributed by atoms with van der Waals surface area (Å²) in [6.45, 7) is -0.195. The molecule has 4 nitrogen and oxygen atoms in total. The fraction of sp³-hybridized carbons (Fsp3) is 0.176. The molecule has 2 aromatic rings. The monoisotopic (exact) mass is 353 g/mol. The summed E-state index contributed by atoms with van der Waals surface area (Å²) < 4.78 is 30.9. The van der Waals surface area contributed by atoms with Crippen molar-refractivity contribution in [1.82, 2.24) is 5.32 Å². The van der Waals surface area contributed by atoms with Gasteiger partial charge >= 0.3 is 5.97 Å². The molecule has 1 N–H and O–H groups in total. The number of nitrogens with one attached hydrogen (secondary N) is 1. The maximum Gasteiger partial charge on any atom is 0.341 e. The predicted octanol–water partition coefficient (Wildman–Crippen LogP) is 3.13. The average molecular weight is 354 g/mol. The van der Waals surface area contributed by atoms with Crippen LogP contribution in [-0.2, 0) is 16.0 Å². The van der Waals surface area contributed by atoms with Gasteiger partial charge in [0.05, 0.1) is 5.56 Å². The highest BCUT2D eigenvalue weighted by molar-refractivity contribution is 6.30. The summed E-state index contributed by atoms with van der Waals surface area (Å²) in [5.74, 6) is -3.38. The van der Waals surface area contributed by atoms with Gasteiger partial charge in [0.25, 0.3) is 5.91 Å². The molecule has 0 aliphatic heterocycles. The Hall–Kier alpha value is -2.47. The molecule has 0 bridgehead atoms. The van der Waals surface area contributed by atoms with Crippen LogP contribution in [0.2, 0.25) is 5.02 Å². The van der Waals surface area contributed by atoms with E-state index in [0.717, 1.165) is 17.7 Å². The van der Waals surface area contributed by atoms with Crippen molar-refractivity contribution in [1.29, 1.82) is 0 Å². The van der Waals surface area contributed by atoms with Crippen molar-refractivity contribution in [3.63, 3.8) is 0 Å². The van der Waals surface area contributed by atoms with Gasteiger partial charge in [-0.15, -0.1) is 0 Å². The molecule has 0 aliphatic rings. The lowest BCUT2D eigenvalue weighted by atomic mass is 10.1. The lowest BCUT2D eigenvalue weighted by Gasteiger charge is -2.07. The number of carbonyl (C=O) groups excluding carboxylic acids is 2. The summed E-state index contributed by atoms with van der Waals surface area (Å²) in [7, 11) is 0. The van der Waals surface area contributed by atoms with Crippen LogP contribution in [0.25, 0.3) is 0 Å². The maximum atomic E-state index is 13.4. The number of rotatable bonds is 6. The number of halogens is 3. The van der Waals surface area contributed by atoms with Gasteiger partial charge in [0.15, 0.2) is 6.61 Å². The first-order valence-corrected chi connectivity index (χ1v) is 7.47. The fourth-order valence-corrected chi connectivity index (χ4v) is 2.04. The molecule has 2 rings (SSSR count). The smallest absolute Gasteiger partial charge is 0.341 e. The zero-order chi connectivity index (χ0) is 17.5. The van der Waals surface area contributed by atoms with Crippen LogP contribution in [0.4, 0.5) is 8.78 Å². The Balaban J connectivity index is 1.74. The predicted molar refractivity (Wildman–Crippen MR) is 84.8 cm³/mol. The molecule has 0 saturated carbocycles. The van der Waals surface area contributed by atoms with Gasteiger partial charge < -0.3 is 10.1 Å². The summed E-state index contributed by atoms with van der Waals surface area (Å²) in [5.41, 5.74) is 0.565. The third-order valence-electron chi connectivity index (χ3n) is 3.13. The van der Waals surface area contributed by atoms with Crippen LogP contribution < -0.4 is 5.32 Å². The Morgan fingerprint density at radius 2 is 1.79 bits per heavy atom. The first-order valence-electron chi connectivity index (χ1n) is 7.09. The number of amides is 1. The molecule has 0 radical (unpaired) electrons. The molecular weight excluding hydrogens is 340 g/mol. The van der Waals surface area contributed by atoms with Gasteiger partial charge in [-0.25, -0.2) is 13.6 Å². The Bertz CT molecular complexity index is 735. The summed E-state index contributed by atoms with van der Waals surface area (Å²) >= 11 is 5.77. The van der Waals surface area contributed by atoms with Crippen molar-refractivity contribution in [2.24, 2.45) is 0 Å². The van der Waals surface area contributed by atoms with E-state index >= 15 is 0 Å². The van der Waals surface area contributed by atoms with Crippen molar-refractivity contribution >= 4 is 23.5 Å². The minimum Gasteiger partial charge on any atom is -0.452 e. The van der Waals surface area contributed by atoms with Crippen LogP contribution in [0.3, 0.4) is 0 Å². The van der Waals surface area contributed by atoms with Crippen molar-refractivity contribution < 1.29 is 23.1 Å². The number of carbonyl (C=O) groups is 2. The third-order valence-corrected chi connectivity index (χ3v) is 3.39. The van der Waals surface area contributed by atoms with E-state index in [-0.39, 0.29) is 0 Å². The first-order chi connectivity index (χ1) is 11.5. The van der Waals surface area contributed by atoms with Crippen molar-refractivity contribution in [3.05, 3.63) is 70.2 Å². The van der Waals surface area contributed by atoms with Crippen LogP contribution in [0.1, 0.15) is 15.9 Å². The van der Waals surface area contributed by atoms with Crippen molar-refractivity contribution in [3.8, 4) is 0 Å². The lowest BCUT2D eigenvalue weighted by Crippen LogP contribution is -2.30. The quantitative estimate of drug-likeness (QED) is 0.812. The van der Waals surface area contributed by atoms with Gasteiger partial charge in [-0.1, -0.05) is 23.7 Å². The van der Waals surface area contributed by atoms with Gasteiger partial charge in [0, 0.05) is 17.6 Å². The Morgan fingerprint density at radius 1 is 1.08 bits per heavy atom. The molecule has 2 aromatic carbocycles. The van der Waals surface area contributed by atoms with E-state index < -0.39 is 35.7 Å². The summed E-state index contributed by atoms with van der Waals surface area (Å²) in [5, 5.41) is 3.20. The molecule has 0 saturated heterocycles. The van der Waals surface area contributed by atoms with E-state index in [1.165, 1.54) is 0 Å².